The molecule has 1 aliphatic carbocycles. The molecule has 3 heterocycles. The maximum absolute atomic E-state index is 12.8. The summed E-state index contributed by atoms with van der Waals surface area (Å²) in [5.41, 5.74) is 11.7. The van der Waals surface area contributed by atoms with Crippen molar-refractivity contribution in [2.24, 2.45) is 12.5 Å². The lowest BCUT2D eigenvalue weighted by Gasteiger charge is -2.35. The summed E-state index contributed by atoms with van der Waals surface area (Å²) in [5.74, 6) is 0. The van der Waals surface area contributed by atoms with Gasteiger partial charge in [-0.2, -0.15) is 0 Å². The van der Waals surface area contributed by atoms with Crippen LogP contribution in [0.25, 0.3) is 22.0 Å². The average Bonchev–Trinajstić information content (AvgIpc) is 3.31. The number of piperidine rings is 1. The van der Waals surface area contributed by atoms with Crippen LogP contribution in [-0.2, 0) is 7.05 Å². The van der Waals surface area contributed by atoms with Gasteiger partial charge in [0.2, 0.25) is 0 Å². The number of rotatable bonds is 3. The molecule has 0 atom stereocenters. The molecule has 5 rings (SSSR count). The number of nitrogens with zero attached hydrogens (tertiary/aromatic N) is 3. The van der Waals surface area contributed by atoms with Crippen molar-refractivity contribution in [3.8, 4) is 11.1 Å². The van der Waals surface area contributed by atoms with Gasteiger partial charge in [0.25, 0.3) is 5.56 Å². The first-order valence-electron chi connectivity index (χ1n) is 9.66. The highest BCUT2D eigenvalue weighted by atomic mass is 127. The van der Waals surface area contributed by atoms with E-state index in [1.165, 1.54) is 40.5 Å². The van der Waals surface area contributed by atoms with E-state index in [9.17, 15) is 4.79 Å². The number of pyridine rings is 1. The first-order valence-corrected chi connectivity index (χ1v) is 13.0. The topological polar surface area (TPSA) is 56.2 Å². The molecule has 28 heavy (non-hydrogen) atoms. The number of aromatic nitrogens is 2. The Morgan fingerprint density at radius 3 is 2.54 bits per heavy atom. The van der Waals surface area contributed by atoms with Crippen LogP contribution in [0, 0.1) is 5.41 Å². The molecular weight excluding hydrogens is 483 g/mol. The van der Waals surface area contributed by atoms with Gasteiger partial charge in [0.15, 0.2) is 0 Å². The van der Waals surface area contributed by atoms with Gasteiger partial charge in [-0.1, -0.05) is 0 Å². The maximum Gasteiger partial charge on any atom is 0.275 e. The summed E-state index contributed by atoms with van der Waals surface area (Å²) in [4.78, 5) is 15.3. The maximum atomic E-state index is 12.8. The number of nitrogens with two attached hydrogens (primary N) is 1. The van der Waals surface area contributed by atoms with E-state index in [4.69, 9.17) is 5.73 Å². The normalized spacial score (nSPS) is 18.1. The van der Waals surface area contributed by atoms with Crippen molar-refractivity contribution in [3.63, 3.8) is 0 Å². The zero-order valence-corrected chi connectivity index (χ0v) is 18.8. The summed E-state index contributed by atoms with van der Waals surface area (Å²) in [7, 11) is 3.34. The fourth-order valence-electron chi connectivity index (χ4n) is 4.55. The molecule has 146 valence electrons. The van der Waals surface area contributed by atoms with Crippen LogP contribution in [0.15, 0.2) is 41.5 Å². The molecule has 1 aromatic carbocycles. The van der Waals surface area contributed by atoms with Crippen molar-refractivity contribution in [1.82, 2.24) is 8.54 Å². The Bertz CT molecular complexity index is 1120. The minimum Gasteiger partial charge on any atom is -0.399 e. The van der Waals surface area contributed by atoms with Gasteiger partial charge in [-0.15, -0.1) is 0 Å². The van der Waals surface area contributed by atoms with Crippen LogP contribution < -0.4 is 16.2 Å². The number of hydrogen-bond donors (Lipinski definition) is 1. The van der Waals surface area contributed by atoms with Crippen molar-refractivity contribution in [3.05, 3.63) is 47.0 Å². The van der Waals surface area contributed by atoms with E-state index in [0.29, 0.717) is 5.41 Å². The van der Waals surface area contributed by atoms with Crippen molar-refractivity contribution in [2.75, 3.05) is 23.7 Å². The van der Waals surface area contributed by atoms with Crippen molar-refractivity contribution in [2.45, 2.75) is 25.7 Å². The molecule has 2 aliphatic rings. The van der Waals surface area contributed by atoms with Gasteiger partial charge in [0.05, 0.1) is 0 Å². The zero-order chi connectivity index (χ0) is 19.5. The minimum absolute atomic E-state index is 0.0204. The summed E-state index contributed by atoms with van der Waals surface area (Å²) in [6.45, 7) is 2.19. The molecule has 1 saturated heterocycles. The van der Waals surface area contributed by atoms with Crippen LogP contribution in [-0.4, -0.2) is 21.6 Å². The third-order valence-corrected chi connectivity index (χ3v) is 8.22. The lowest BCUT2D eigenvalue weighted by Crippen LogP contribution is -2.34. The zero-order valence-electron chi connectivity index (χ0n) is 15.8. The molecule has 2 aromatic heterocycles. The number of halogens is 1. The van der Waals surface area contributed by atoms with E-state index in [2.05, 4.69) is 38.2 Å². The fourth-order valence-corrected chi connectivity index (χ4v) is 5.88. The standard InChI is InChI=1S/C21H23IN4OS/c1-24-13-17(15-4-9-26(28-22)19(15)20(24)27)16-12-14(23)2-3-18(16)25-10-7-21(5-6-21)8-11-25/h2-4,9,12-13H,5-8,10-11,23H2,1H3. The second-order valence-corrected chi connectivity index (χ2v) is 9.91. The van der Waals surface area contributed by atoms with Gasteiger partial charge in [-0.25, -0.2) is 0 Å². The second kappa shape index (κ2) is 6.73. The minimum atomic E-state index is 0.0204. The van der Waals surface area contributed by atoms with Gasteiger partial charge in [0, 0.05) is 90.7 Å². The number of anilines is 2. The van der Waals surface area contributed by atoms with Crippen LogP contribution in [0.5, 0.6) is 0 Å². The average molecular weight is 506 g/mol. The molecule has 1 aliphatic heterocycles. The Morgan fingerprint density at radius 2 is 1.86 bits per heavy atom. The number of fused-ring (bicyclic) bond motifs is 1. The lowest BCUT2D eigenvalue weighted by atomic mass is 9.92. The first-order chi connectivity index (χ1) is 13.5. The molecule has 1 saturated carbocycles. The predicted molar refractivity (Wildman–Crippen MR) is 127 cm³/mol. The third-order valence-electron chi connectivity index (χ3n) is 6.49. The van der Waals surface area contributed by atoms with Gasteiger partial charge in [-0.05, 0) is 55.4 Å². The Kier molecular flexibility index (Phi) is 4.42. The van der Waals surface area contributed by atoms with Gasteiger partial charge in [-0.3, -0.25) is 8.77 Å². The second-order valence-electron chi connectivity index (χ2n) is 8.20. The summed E-state index contributed by atoms with van der Waals surface area (Å²) in [6.07, 6.45) is 9.28. The quantitative estimate of drug-likeness (QED) is 0.409. The molecule has 7 heteroatoms. The molecule has 3 aromatic rings. The van der Waals surface area contributed by atoms with Crippen LogP contribution in [0.4, 0.5) is 11.4 Å². The Balaban J connectivity index is 1.67. The van der Waals surface area contributed by atoms with E-state index >= 15 is 0 Å². The van der Waals surface area contributed by atoms with Gasteiger partial charge >= 0.3 is 0 Å². The van der Waals surface area contributed by atoms with Crippen LogP contribution in [0.2, 0.25) is 0 Å². The predicted octanol–water partition coefficient (Wildman–Crippen LogP) is 4.82. The highest BCUT2D eigenvalue weighted by molar-refractivity contribution is 14.2. The van der Waals surface area contributed by atoms with Gasteiger partial charge in [0.1, 0.15) is 5.52 Å². The van der Waals surface area contributed by atoms with E-state index in [1.807, 2.05) is 35.5 Å². The third kappa shape index (κ3) is 2.94. The van der Waals surface area contributed by atoms with Gasteiger partial charge < -0.3 is 15.2 Å². The smallest absolute Gasteiger partial charge is 0.275 e. The summed E-state index contributed by atoms with van der Waals surface area (Å²) in [6, 6.07) is 8.24. The molecule has 0 amide bonds. The van der Waals surface area contributed by atoms with Crippen molar-refractivity contribution >= 4 is 52.6 Å². The Labute approximate surface area is 180 Å². The molecule has 2 fully saturated rings. The van der Waals surface area contributed by atoms with E-state index in [-0.39, 0.29) is 5.56 Å². The van der Waals surface area contributed by atoms with E-state index in [1.54, 1.807) is 4.57 Å². The van der Waals surface area contributed by atoms with E-state index in [0.717, 1.165) is 40.8 Å². The van der Waals surface area contributed by atoms with Crippen LogP contribution in [0.1, 0.15) is 25.7 Å². The monoisotopic (exact) mass is 506 g/mol. The number of aryl methyl sites for hydroxylation is 1. The largest absolute Gasteiger partial charge is 0.399 e. The number of hydrogen-bond acceptors (Lipinski definition) is 4. The highest BCUT2D eigenvalue weighted by Gasteiger charge is 2.44. The van der Waals surface area contributed by atoms with Crippen LogP contribution in [0.3, 0.4) is 0 Å². The van der Waals surface area contributed by atoms with Crippen LogP contribution >= 0.6 is 30.3 Å². The molecule has 1 spiro atoms. The summed E-state index contributed by atoms with van der Waals surface area (Å²) < 4.78 is 3.62. The van der Waals surface area contributed by atoms with Crippen molar-refractivity contribution < 1.29 is 0 Å². The fraction of sp³-hybridized carbons (Fsp3) is 0.381. The number of benzene rings is 1. The Hall–Kier alpha value is -1.61. The molecule has 2 N–H and O–H groups in total. The number of nitrogen functional groups attached to an aromatic ring is 1. The molecule has 0 radical (unpaired) electrons. The lowest BCUT2D eigenvalue weighted by molar-refractivity contribution is 0.384. The first kappa shape index (κ1) is 18.4. The molecular formula is C21H23IN4OS. The van der Waals surface area contributed by atoms with E-state index < -0.39 is 0 Å². The molecule has 5 nitrogen and oxygen atoms in total. The molecule has 0 bridgehead atoms. The Morgan fingerprint density at radius 1 is 1.11 bits per heavy atom. The van der Waals surface area contributed by atoms with Crippen molar-refractivity contribution in [1.29, 1.82) is 0 Å². The highest BCUT2D eigenvalue weighted by Crippen LogP contribution is 2.54. The molecule has 0 unspecified atom stereocenters. The summed E-state index contributed by atoms with van der Waals surface area (Å²) >= 11 is 2.21. The summed E-state index contributed by atoms with van der Waals surface area (Å²) in [5, 5.41) is 0.981. The SMILES string of the molecule is Cn1cc(-c2cc(N)ccc2N2CCC3(CC2)CC3)c2ccn(SI)c2c1=O.